The van der Waals surface area contributed by atoms with Crippen molar-refractivity contribution >= 4 is 16.5 Å². The lowest BCUT2D eigenvalue weighted by molar-refractivity contribution is -0.384. The molecule has 1 N–H and O–H groups in total. The Hall–Kier alpha value is -2.72. The Kier molecular flexibility index (Phi) is 3.13. The highest BCUT2D eigenvalue weighted by Gasteiger charge is 2.20. The topological polar surface area (TPSA) is 63.4 Å². The van der Waals surface area contributed by atoms with E-state index < -0.39 is 11.0 Å². The molecule has 1 aliphatic rings. The number of nitro groups is 1. The summed E-state index contributed by atoms with van der Waals surface area (Å²) in [5, 5.41) is 23.8. The highest BCUT2D eigenvalue weighted by molar-refractivity contribution is 5.93. The molecule has 0 fully saturated rings. The van der Waals surface area contributed by atoms with E-state index in [2.05, 4.69) is 12.1 Å². The molecule has 3 aromatic carbocycles. The van der Waals surface area contributed by atoms with E-state index in [1.807, 2.05) is 18.2 Å². The van der Waals surface area contributed by atoms with Gasteiger partial charge >= 0.3 is 0 Å². The molecule has 0 radical (unpaired) electrons. The van der Waals surface area contributed by atoms with E-state index in [0.29, 0.717) is 5.56 Å². The summed E-state index contributed by atoms with van der Waals surface area (Å²) in [5.74, 6) is 0. The Balaban J connectivity index is 1.81. The van der Waals surface area contributed by atoms with Gasteiger partial charge in [0.2, 0.25) is 0 Å². The molecule has 114 valence electrons. The minimum absolute atomic E-state index is 0.0290. The van der Waals surface area contributed by atoms with Gasteiger partial charge in [0.1, 0.15) is 6.10 Å². The van der Waals surface area contributed by atoms with Crippen molar-refractivity contribution < 1.29 is 10.0 Å². The quantitative estimate of drug-likeness (QED) is 0.589. The van der Waals surface area contributed by atoms with Crippen molar-refractivity contribution in [2.45, 2.75) is 18.9 Å². The van der Waals surface area contributed by atoms with Gasteiger partial charge in [-0.05, 0) is 58.0 Å². The molecule has 0 saturated carbocycles. The minimum atomic E-state index is -0.791. The van der Waals surface area contributed by atoms with Crippen molar-refractivity contribution in [1.29, 1.82) is 0 Å². The fourth-order valence-corrected chi connectivity index (χ4v) is 3.47. The first-order valence-electron chi connectivity index (χ1n) is 7.61. The van der Waals surface area contributed by atoms with Crippen LogP contribution in [0, 0.1) is 10.1 Å². The van der Waals surface area contributed by atoms with Gasteiger partial charge in [-0.3, -0.25) is 10.1 Å². The van der Waals surface area contributed by atoms with E-state index in [1.54, 1.807) is 12.1 Å². The van der Waals surface area contributed by atoms with Gasteiger partial charge in [-0.2, -0.15) is 0 Å². The maximum absolute atomic E-state index is 10.8. The first-order chi connectivity index (χ1) is 11.1. The van der Waals surface area contributed by atoms with E-state index >= 15 is 0 Å². The predicted octanol–water partition coefficient (Wildman–Crippen LogP) is 3.93. The molecule has 0 bridgehead atoms. The van der Waals surface area contributed by atoms with Crippen molar-refractivity contribution in [2.24, 2.45) is 0 Å². The second kappa shape index (κ2) is 5.18. The van der Waals surface area contributed by atoms with Crippen LogP contribution in [-0.4, -0.2) is 10.0 Å². The standard InChI is InChI=1S/C19H15NO3/c21-19(14-6-9-15(10-7-14)20(22)23)17-11-8-13-5-4-12-2-1-3-16(17)18(12)13/h1-3,6-11,19,21H,4-5H2/t19-/m0/s1. The number of hydrogen-bond donors (Lipinski definition) is 1. The van der Waals surface area contributed by atoms with Crippen LogP contribution in [-0.2, 0) is 12.8 Å². The van der Waals surface area contributed by atoms with Crippen LogP contribution in [0.3, 0.4) is 0 Å². The van der Waals surface area contributed by atoms with Gasteiger partial charge < -0.3 is 5.11 Å². The molecular formula is C19H15NO3. The summed E-state index contributed by atoms with van der Waals surface area (Å²) < 4.78 is 0. The Morgan fingerprint density at radius 1 is 0.957 bits per heavy atom. The van der Waals surface area contributed by atoms with Crippen LogP contribution in [0.4, 0.5) is 5.69 Å². The predicted molar refractivity (Wildman–Crippen MR) is 88.5 cm³/mol. The minimum Gasteiger partial charge on any atom is -0.384 e. The fourth-order valence-electron chi connectivity index (χ4n) is 3.47. The number of non-ortho nitro benzene ring substituents is 1. The summed E-state index contributed by atoms with van der Waals surface area (Å²) in [4.78, 5) is 10.3. The van der Waals surface area contributed by atoms with Gasteiger partial charge in [0.05, 0.1) is 4.92 Å². The Bertz CT molecular complexity index is 906. The van der Waals surface area contributed by atoms with Crippen molar-refractivity contribution in [3.63, 3.8) is 0 Å². The van der Waals surface area contributed by atoms with Crippen LogP contribution in [0.5, 0.6) is 0 Å². The number of nitrogens with zero attached hydrogens (tertiary/aromatic N) is 1. The molecule has 0 amide bonds. The van der Waals surface area contributed by atoms with Gasteiger partial charge in [0, 0.05) is 12.1 Å². The van der Waals surface area contributed by atoms with E-state index in [9.17, 15) is 15.2 Å². The monoisotopic (exact) mass is 305 g/mol. The van der Waals surface area contributed by atoms with Gasteiger partial charge in [-0.15, -0.1) is 0 Å². The summed E-state index contributed by atoms with van der Waals surface area (Å²) in [6.45, 7) is 0. The molecule has 0 spiro atoms. The average Bonchev–Trinajstić information content (AvgIpc) is 3.00. The number of benzene rings is 3. The molecule has 0 aromatic heterocycles. The molecule has 0 saturated heterocycles. The molecule has 23 heavy (non-hydrogen) atoms. The smallest absolute Gasteiger partial charge is 0.269 e. The van der Waals surface area contributed by atoms with Crippen molar-refractivity contribution in [3.05, 3.63) is 87.0 Å². The molecule has 0 heterocycles. The second-order valence-corrected chi connectivity index (χ2v) is 5.90. The number of aliphatic hydroxyl groups excluding tert-OH is 1. The number of aliphatic hydroxyl groups is 1. The van der Waals surface area contributed by atoms with Crippen LogP contribution in [0.15, 0.2) is 54.6 Å². The van der Waals surface area contributed by atoms with Crippen LogP contribution < -0.4 is 0 Å². The highest BCUT2D eigenvalue weighted by Crippen LogP contribution is 2.36. The number of aryl methyl sites for hydroxylation is 2. The van der Waals surface area contributed by atoms with Crippen LogP contribution in [0.1, 0.15) is 28.4 Å². The first kappa shape index (κ1) is 13.9. The third kappa shape index (κ3) is 2.19. The summed E-state index contributed by atoms with van der Waals surface area (Å²) in [6.07, 6.45) is 1.30. The van der Waals surface area contributed by atoms with E-state index in [-0.39, 0.29) is 5.69 Å². The zero-order valence-corrected chi connectivity index (χ0v) is 12.4. The molecule has 0 aliphatic heterocycles. The van der Waals surface area contributed by atoms with Crippen molar-refractivity contribution in [2.75, 3.05) is 0 Å². The maximum atomic E-state index is 10.8. The third-order valence-electron chi connectivity index (χ3n) is 4.62. The lowest BCUT2D eigenvalue weighted by atomic mass is 9.93. The second-order valence-electron chi connectivity index (χ2n) is 5.90. The van der Waals surface area contributed by atoms with Gasteiger partial charge in [-0.25, -0.2) is 0 Å². The SMILES string of the molecule is O=[N+]([O-])c1ccc([C@H](O)c2ccc3c4c(cccc24)CC3)cc1. The summed E-state index contributed by atoms with van der Waals surface area (Å²) >= 11 is 0. The third-order valence-corrected chi connectivity index (χ3v) is 4.62. The first-order valence-corrected chi connectivity index (χ1v) is 7.61. The van der Waals surface area contributed by atoms with E-state index in [1.165, 1.54) is 28.6 Å². The largest absolute Gasteiger partial charge is 0.384 e. The van der Waals surface area contributed by atoms with Gasteiger partial charge in [0.15, 0.2) is 0 Å². The average molecular weight is 305 g/mol. The zero-order valence-electron chi connectivity index (χ0n) is 12.4. The molecule has 1 atom stereocenters. The lowest BCUT2D eigenvalue weighted by Gasteiger charge is -2.15. The molecular weight excluding hydrogens is 290 g/mol. The number of hydrogen-bond acceptors (Lipinski definition) is 3. The summed E-state index contributed by atoms with van der Waals surface area (Å²) in [5.41, 5.74) is 4.20. The molecule has 0 unspecified atom stereocenters. The van der Waals surface area contributed by atoms with Crippen molar-refractivity contribution in [3.8, 4) is 0 Å². The molecule has 4 rings (SSSR count). The van der Waals surface area contributed by atoms with Gasteiger partial charge in [0.25, 0.3) is 5.69 Å². The lowest BCUT2D eigenvalue weighted by Crippen LogP contribution is -2.01. The molecule has 4 heteroatoms. The Labute approximate surface area is 133 Å². The van der Waals surface area contributed by atoms with Crippen LogP contribution in [0.25, 0.3) is 10.8 Å². The fraction of sp³-hybridized carbons (Fsp3) is 0.158. The van der Waals surface area contributed by atoms with Crippen LogP contribution in [0.2, 0.25) is 0 Å². The molecule has 4 nitrogen and oxygen atoms in total. The number of rotatable bonds is 3. The summed E-state index contributed by atoms with van der Waals surface area (Å²) in [6, 6.07) is 16.4. The normalized spacial score (nSPS) is 14.1. The van der Waals surface area contributed by atoms with Gasteiger partial charge in [-0.1, -0.05) is 30.3 Å². The molecule has 3 aromatic rings. The Morgan fingerprint density at radius 3 is 2.35 bits per heavy atom. The molecule has 1 aliphatic carbocycles. The number of nitro benzene ring substituents is 1. The van der Waals surface area contributed by atoms with E-state index in [0.717, 1.165) is 23.8 Å². The Morgan fingerprint density at radius 2 is 1.65 bits per heavy atom. The zero-order chi connectivity index (χ0) is 16.0. The van der Waals surface area contributed by atoms with E-state index in [4.69, 9.17) is 0 Å². The van der Waals surface area contributed by atoms with Crippen molar-refractivity contribution in [1.82, 2.24) is 0 Å². The summed E-state index contributed by atoms with van der Waals surface area (Å²) in [7, 11) is 0. The van der Waals surface area contributed by atoms with Crippen LogP contribution >= 0.6 is 0 Å². The maximum Gasteiger partial charge on any atom is 0.269 e. The highest BCUT2D eigenvalue weighted by atomic mass is 16.6.